The van der Waals surface area contributed by atoms with Crippen molar-refractivity contribution in [3.05, 3.63) is 83.9 Å². The molecule has 0 atom stereocenters. The first kappa shape index (κ1) is 25.7. The van der Waals surface area contributed by atoms with Gasteiger partial charge in [0.05, 0.1) is 0 Å². The quantitative estimate of drug-likeness (QED) is 0.261. The van der Waals surface area contributed by atoms with E-state index in [0.29, 0.717) is 12.0 Å². The highest BCUT2D eigenvalue weighted by Crippen LogP contribution is 2.30. The zero-order valence-corrected chi connectivity index (χ0v) is 20.5. The molecule has 6 heteroatoms. The molecule has 0 bridgehead atoms. The van der Waals surface area contributed by atoms with Crippen molar-refractivity contribution in [2.24, 2.45) is 5.73 Å². The first-order valence-corrected chi connectivity index (χ1v) is 11.8. The van der Waals surface area contributed by atoms with Crippen molar-refractivity contribution in [2.75, 3.05) is 0 Å². The minimum atomic E-state index is -1.32. The standard InChI is InChI=1S/C29H33N3O3/c1-4-5-11-26(33)32(29(2,3)28(34)35)19-20-12-14-22(15-13-20)25-18-23(16-17-24(25)27(30)31)21-9-7-6-8-10-21/h6-10,12-18H,4-5,11,19H2,1-3H3,(H3,30,31)(H,34,35). The van der Waals surface area contributed by atoms with Crippen molar-refractivity contribution in [2.45, 2.75) is 52.1 Å². The number of unbranched alkanes of at least 4 members (excludes halogenated alkanes) is 1. The Bertz CT molecular complexity index is 1200. The highest BCUT2D eigenvalue weighted by molar-refractivity contribution is 6.02. The van der Waals surface area contributed by atoms with Crippen molar-refractivity contribution in [3.63, 3.8) is 0 Å². The average Bonchev–Trinajstić information content (AvgIpc) is 2.86. The van der Waals surface area contributed by atoms with Gasteiger partial charge in [0.2, 0.25) is 5.91 Å². The number of rotatable bonds is 10. The van der Waals surface area contributed by atoms with Gasteiger partial charge in [-0.25, -0.2) is 4.79 Å². The molecule has 0 aromatic heterocycles. The van der Waals surface area contributed by atoms with Crippen LogP contribution in [-0.4, -0.2) is 33.3 Å². The van der Waals surface area contributed by atoms with Crippen LogP contribution in [0.1, 0.15) is 51.2 Å². The smallest absolute Gasteiger partial charge is 0.329 e. The van der Waals surface area contributed by atoms with Crippen molar-refractivity contribution in [3.8, 4) is 22.3 Å². The first-order valence-electron chi connectivity index (χ1n) is 11.8. The molecule has 4 N–H and O–H groups in total. The minimum Gasteiger partial charge on any atom is -0.480 e. The maximum atomic E-state index is 12.9. The topological polar surface area (TPSA) is 107 Å². The molecule has 0 radical (unpaired) electrons. The molecule has 0 spiro atoms. The molecule has 0 fully saturated rings. The molecular weight excluding hydrogens is 438 g/mol. The molecule has 0 aliphatic carbocycles. The second kappa shape index (κ2) is 11.0. The highest BCUT2D eigenvalue weighted by Gasteiger charge is 2.37. The molecule has 3 rings (SSSR count). The molecule has 3 aromatic rings. The number of aliphatic carboxylic acids is 1. The van der Waals surface area contributed by atoms with Gasteiger partial charge in [-0.15, -0.1) is 0 Å². The van der Waals surface area contributed by atoms with E-state index in [2.05, 4.69) is 0 Å². The molecular formula is C29H33N3O3. The van der Waals surface area contributed by atoms with E-state index < -0.39 is 11.5 Å². The molecule has 0 aliphatic heterocycles. The Hall–Kier alpha value is -3.93. The van der Waals surface area contributed by atoms with E-state index in [4.69, 9.17) is 11.1 Å². The van der Waals surface area contributed by atoms with Crippen LogP contribution in [0.25, 0.3) is 22.3 Å². The van der Waals surface area contributed by atoms with Crippen molar-refractivity contribution in [1.29, 1.82) is 5.41 Å². The predicted molar refractivity (Wildman–Crippen MR) is 140 cm³/mol. The Morgan fingerprint density at radius 3 is 2.14 bits per heavy atom. The summed E-state index contributed by atoms with van der Waals surface area (Å²) in [5.41, 5.74) is 9.83. The summed E-state index contributed by atoms with van der Waals surface area (Å²) in [6, 6.07) is 23.5. The van der Waals surface area contributed by atoms with Gasteiger partial charge in [0.15, 0.2) is 0 Å². The van der Waals surface area contributed by atoms with E-state index in [0.717, 1.165) is 40.7 Å². The third-order valence-corrected chi connectivity index (χ3v) is 6.27. The van der Waals surface area contributed by atoms with E-state index in [1.807, 2.05) is 79.7 Å². The molecule has 35 heavy (non-hydrogen) atoms. The second-order valence-electron chi connectivity index (χ2n) is 9.18. The lowest BCUT2D eigenvalue weighted by Gasteiger charge is -2.35. The fourth-order valence-electron chi connectivity index (χ4n) is 3.98. The zero-order valence-electron chi connectivity index (χ0n) is 20.5. The number of hydrogen-bond acceptors (Lipinski definition) is 3. The number of carboxylic acid groups (broad SMARTS) is 1. The number of nitrogens with two attached hydrogens (primary N) is 1. The van der Waals surface area contributed by atoms with Gasteiger partial charge in [0, 0.05) is 18.5 Å². The number of carboxylic acids is 1. The lowest BCUT2D eigenvalue weighted by molar-refractivity contribution is -0.157. The molecule has 0 unspecified atom stereocenters. The molecule has 0 saturated carbocycles. The Balaban J connectivity index is 1.94. The largest absolute Gasteiger partial charge is 0.480 e. The molecule has 3 aromatic carbocycles. The van der Waals surface area contributed by atoms with E-state index in [1.54, 1.807) is 13.8 Å². The van der Waals surface area contributed by atoms with Crippen LogP contribution in [0, 0.1) is 5.41 Å². The highest BCUT2D eigenvalue weighted by atomic mass is 16.4. The molecule has 1 amide bonds. The Labute approximate surface area is 206 Å². The normalized spacial score (nSPS) is 11.2. The van der Waals surface area contributed by atoms with E-state index in [-0.39, 0.29) is 18.3 Å². The predicted octanol–water partition coefficient (Wildman–Crippen LogP) is 5.69. The summed E-state index contributed by atoms with van der Waals surface area (Å²) < 4.78 is 0. The van der Waals surface area contributed by atoms with Crippen molar-refractivity contribution < 1.29 is 14.7 Å². The van der Waals surface area contributed by atoms with Crippen LogP contribution >= 0.6 is 0 Å². The number of hydrogen-bond donors (Lipinski definition) is 3. The fraction of sp³-hybridized carbons (Fsp3) is 0.276. The maximum absolute atomic E-state index is 12.9. The van der Waals surface area contributed by atoms with Crippen molar-refractivity contribution >= 4 is 17.7 Å². The third-order valence-electron chi connectivity index (χ3n) is 6.27. The summed E-state index contributed by atoms with van der Waals surface area (Å²) in [4.78, 5) is 26.2. The van der Waals surface area contributed by atoms with E-state index in [1.165, 1.54) is 4.90 Å². The second-order valence-corrected chi connectivity index (χ2v) is 9.18. The van der Waals surface area contributed by atoms with Crippen LogP contribution in [0.2, 0.25) is 0 Å². The van der Waals surface area contributed by atoms with Gasteiger partial charge in [0.1, 0.15) is 11.4 Å². The summed E-state index contributed by atoms with van der Waals surface area (Å²) in [6.07, 6.45) is 1.90. The molecule has 6 nitrogen and oxygen atoms in total. The summed E-state index contributed by atoms with van der Waals surface area (Å²) in [5.74, 6) is -1.22. The lowest BCUT2D eigenvalue weighted by Crippen LogP contribution is -2.52. The fourth-order valence-corrected chi connectivity index (χ4v) is 3.98. The van der Waals surface area contributed by atoms with Crippen LogP contribution in [-0.2, 0) is 16.1 Å². The zero-order chi connectivity index (χ0) is 25.6. The molecule has 0 heterocycles. The van der Waals surface area contributed by atoms with Gasteiger partial charge in [-0.1, -0.05) is 80.1 Å². The number of nitrogens with one attached hydrogen (secondary N) is 1. The monoisotopic (exact) mass is 471 g/mol. The van der Waals surface area contributed by atoms with Crippen LogP contribution in [0.4, 0.5) is 0 Å². The molecule has 182 valence electrons. The van der Waals surface area contributed by atoms with E-state index in [9.17, 15) is 14.7 Å². The number of amides is 1. The van der Waals surface area contributed by atoms with Crippen LogP contribution in [0.5, 0.6) is 0 Å². The number of amidine groups is 1. The molecule has 0 aliphatic rings. The van der Waals surface area contributed by atoms with Crippen molar-refractivity contribution in [1.82, 2.24) is 4.90 Å². The van der Waals surface area contributed by atoms with Crippen LogP contribution in [0.15, 0.2) is 72.8 Å². The number of benzene rings is 3. The van der Waals surface area contributed by atoms with Gasteiger partial charge in [-0.3, -0.25) is 10.2 Å². The number of nitrogen functional groups attached to an aromatic ring is 1. The van der Waals surface area contributed by atoms with Gasteiger partial charge >= 0.3 is 5.97 Å². The third kappa shape index (κ3) is 5.96. The average molecular weight is 472 g/mol. The van der Waals surface area contributed by atoms with Gasteiger partial charge < -0.3 is 15.7 Å². The SMILES string of the molecule is CCCCC(=O)N(Cc1ccc(-c2cc(-c3ccccc3)ccc2C(=N)N)cc1)C(C)(C)C(=O)O. The molecule has 0 saturated heterocycles. The summed E-state index contributed by atoms with van der Waals surface area (Å²) in [6.45, 7) is 5.32. The number of nitrogens with zero attached hydrogens (tertiary/aromatic N) is 1. The summed E-state index contributed by atoms with van der Waals surface area (Å²) >= 11 is 0. The van der Waals surface area contributed by atoms with Gasteiger partial charge in [-0.05, 0) is 54.2 Å². The van der Waals surface area contributed by atoms with Crippen LogP contribution < -0.4 is 5.73 Å². The number of carbonyl (C=O) groups excluding carboxylic acids is 1. The Kier molecular flexibility index (Phi) is 8.07. The van der Waals surface area contributed by atoms with Gasteiger partial charge in [-0.2, -0.15) is 0 Å². The Morgan fingerprint density at radius 1 is 0.943 bits per heavy atom. The summed E-state index contributed by atoms with van der Waals surface area (Å²) in [7, 11) is 0. The summed E-state index contributed by atoms with van der Waals surface area (Å²) in [5, 5.41) is 17.8. The maximum Gasteiger partial charge on any atom is 0.329 e. The minimum absolute atomic E-state index is 0.0143. The van der Waals surface area contributed by atoms with E-state index >= 15 is 0 Å². The van der Waals surface area contributed by atoms with Gasteiger partial charge in [0.25, 0.3) is 0 Å². The Morgan fingerprint density at radius 2 is 1.57 bits per heavy atom. The number of carbonyl (C=O) groups is 2. The van der Waals surface area contributed by atoms with Crippen LogP contribution in [0.3, 0.4) is 0 Å². The lowest BCUT2D eigenvalue weighted by atomic mass is 9.93. The first-order chi connectivity index (χ1) is 16.6.